The molecule has 7 nitrogen and oxygen atoms in total. The highest BCUT2D eigenvalue weighted by molar-refractivity contribution is 7.17. The summed E-state index contributed by atoms with van der Waals surface area (Å²) in [6.45, 7) is 1.97. The number of piperidine rings is 1. The molecule has 0 atom stereocenters. The Morgan fingerprint density at radius 1 is 1.32 bits per heavy atom. The van der Waals surface area contributed by atoms with Crippen LogP contribution in [0.3, 0.4) is 0 Å². The average molecular weight is 319 g/mol. The van der Waals surface area contributed by atoms with E-state index in [-0.39, 0.29) is 0 Å². The number of ether oxygens (including phenoxy) is 1. The van der Waals surface area contributed by atoms with E-state index in [4.69, 9.17) is 10.5 Å². The monoisotopic (exact) mass is 319 g/mol. The van der Waals surface area contributed by atoms with Gasteiger partial charge in [0.15, 0.2) is 11.0 Å². The molecule has 0 bridgehead atoms. The molecule has 0 amide bonds. The fourth-order valence-electron chi connectivity index (χ4n) is 2.48. The number of rotatable bonds is 3. The zero-order valence-electron chi connectivity index (χ0n) is 12.3. The van der Waals surface area contributed by atoms with Crippen molar-refractivity contribution in [2.24, 2.45) is 0 Å². The van der Waals surface area contributed by atoms with Crippen LogP contribution in [-0.4, -0.2) is 41.1 Å². The Bertz CT molecular complexity index is 682. The molecular weight excluding hydrogens is 302 g/mol. The van der Waals surface area contributed by atoms with Gasteiger partial charge in [-0.15, -0.1) is 0 Å². The lowest BCUT2D eigenvalue weighted by atomic mass is 10.1. The van der Waals surface area contributed by atoms with Gasteiger partial charge in [-0.3, -0.25) is 0 Å². The molecule has 2 aromatic heterocycles. The number of esters is 1. The third-order valence-electron chi connectivity index (χ3n) is 3.55. The topological polar surface area (TPSA) is 94.2 Å². The lowest BCUT2D eigenvalue weighted by Crippen LogP contribution is -2.30. The van der Waals surface area contributed by atoms with Crippen molar-refractivity contribution >= 4 is 28.3 Å². The molecule has 0 aromatic carbocycles. The van der Waals surface area contributed by atoms with Crippen molar-refractivity contribution in [3.8, 4) is 11.5 Å². The fraction of sp³-hybridized carbons (Fsp3) is 0.429. The number of thiazole rings is 1. The van der Waals surface area contributed by atoms with Crippen molar-refractivity contribution < 1.29 is 9.53 Å². The van der Waals surface area contributed by atoms with E-state index in [1.807, 2.05) is 6.07 Å². The summed E-state index contributed by atoms with van der Waals surface area (Å²) in [5, 5.41) is 0.294. The van der Waals surface area contributed by atoms with Gasteiger partial charge in [-0.05, 0) is 25.3 Å². The Morgan fingerprint density at radius 3 is 2.82 bits per heavy atom. The summed E-state index contributed by atoms with van der Waals surface area (Å²) in [7, 11) is 1.33. The first-order valence-corrected chi connectivity index (χ1v) is 7.93. The number of nitrogen functional groups attached to an aromatic ring is 1. The second kappa shape index (κ2) is 6.27. The van der Waals surface area contributed by atoms with Crippen molar-refractivity contribution in [3.63, 3.8) is 0 Å². The minimum atomic E-state index is -0.476. The van der Waals surface area contributed by atoms with Crippen LogP contribution in [0.15, 0.2) is 12.3 Å². The van der Waals surface area contributed by atoms with Crippen LogP contribution >= 0.6 is 11.3 Å². The van der Waals surface area contributed by atoms with E-state index in [9.17, 15) is 4.79 Å². The summed E-state index contributed by atoms with van der Waals surface area (Å²) < 4.78 is 4.77. The van der Waals surface area contributed by atoms with Gasteiger partial charge in [0.05, 0.1) is 7.11 Å². The van der Waals surface area contributed by atoms with E-state index in [0.717, 1.165) is 43.1 Å². The van der Waals surface area contributed by atoms with Crippen molar-refractivity contribution in [3.05, 3.63) is 17.1 Å². The van der Waals surface area contributed by atoms with Gasteiger partial charge in [-0.2, -0.15) is 0 Å². The number of methoxy groups -OCH3 is 1. The van der Waals surface area contributed by atoms with Gasteiger partial charge in [0, 0.05) is 19.3 Å². The van der Waals surface area contributed by atoms with Crippen molar-refractivity contribution in [2.45, 2.75) is 19.3 Å². The van der Waals surface area contributed by atoms with Crippen LogP contribution < -0.4 is 10.6 Å². The third kappa shape index (κ3) is 2.87. The molecule has 1 aliphatic rings. The van der Waals surface area contributed by atoms with Crippen LogP contribution in [0.1, 0.15) is 28.9 Å². The molecule has 0 aliphatic carbocycles. The van der Waals surface area contributed by atoms with Crippen LogP contribution in [0.2, 0.25) is 0 Å². The highest BCUT2D eigenvalue weighted by Crippen LogP contribution is 2.29. The van der Waals surface area contributed by atoms with Gasteiger partial charge in [-0.25, -0.2) is 19.7 Å². The van der Waals surface area contributed by atoms with Gasteiger partial charge >= 0.3 is 5.97 Å². The average Bonchev–Trinajstić information content (AvgIpc) is 2.97. The number of hydrogen-bond donors (Lipinski definition) is 1. The lowest BCUT2D eigenvalue weighted by Gasteiger charge is -2.27. The maximum Gasteiger partial charge on any atom is 0.350 e. The number of carbonyl (C=O) groups is 1. The van der Waals surface area contributed by atoms with Crippen LogP contribution in [0, 0.1) is 0 Å². The number of nitrogens with two attached hydrogens (primary N) is 1. The molecule has 1 fully saturated rings. The van der Waals surface area contributed by atoms with E-state index in [2.05, 4.69) is 19.9 Å². The summed E-state index contributed by atoms with van der Waals surface area (Å²) >= 11 is 1.08. The van der Waals surface area contributed by atoms with Gasteiger partial charge < -0.3 is 15.4 Å². The quantitative estimate of drug-likeness (QED) is 0.864. The molecule has 1 aliphatic heterocycles. The molecule has 0 unspecified atom stereocenters. The molecule has 2 N–H and O–H groups in total. The highest BCUT2D eigenvalue weighted by atomic mass is 32.1. The summed E-state index contributed by atoms with van der Waals surface area (Å²) in [5.41, 5.74) is 6.11. The Morgan fingerprint density at radius 2 is 2.09 bits per heavy atom. The van der Waals surface area contributed by atoms with E-state index < -0.39 is 5.97 Å². The van der Waals surface area contributed by atoms with E-state index in [1.165, 1.54) is 13.5 Å². The van der Waals surface area contributed by atoms with Gasteiger partial charge in [0.2, 0.25) is 0 Å². The molecule has 1 saturated heterocycles. The summed E-state index contributed by atoms with van der Waals surface area (Å²) in [4.78, 5) is 27.4. The highest BCUT2D eigenvalue weighted by Gasteiger charge is 2.22. The first-order chi connectivity index (χ1) is 10.7. The second-order valence-corrected chi connectivity index (χ2v) is 6.04. The van der Waals surface area contributed by atoms with Crippen LogP contribution in [0.25, 0.3) is 11.5 Å². The van der Waals surface area contributed by atoms with Crippen molar-refractivity contribution in [2.75, 3.05) is 30.8 Å². The number of anilines is 2. The van der Waals surface area contributed by atoms with Gasteiger partial charge in [0.25, 0.3) is 0 Å². The zero-order valence-corrected chi connectivity index (χ0v) is 13.1. The van der Waals surface area contributed by atoms with Gasteiger partial charge in [-0.1, -0.05) is 11.3 Å². The van der Waals surface area contributed by atoms with Crippen LogP contribution in [-0.2, 0) is 4.74 Å². The Labute approximate surface area is 132 Å². The molecular formula is C14H17N5O2S. The maximum atomic E-state index is 11.8. The predicted octanol–water partition coefficient (Wildman–Crippen LogP) is 1.96. The van der Waals surface area contributed by atoms with E-state index in [1.54, 1.807) is 6.20 Å². The number of carbonyl (C=O) groups excluding carboxylic acids is 1. The molecule has 22 heavy (non-hydrogen) atoms. The first-order valence-electron chi connectivity index (χ1n) is 7.12. The van der Waals surface area contributed by atoms with Crippen molar-refractivity contribution in [1.29, 1.82) is 0 Å². The number of aromatic nitrogens is 3. The number of hydrogen-bond acceptors (Lipinski definition) is 8. The summed E-state index contributed by atoms with van der Waals surface area (Å²) in [5.74, 6) is 0.777. The Kier molecular flexibility index (Phi) is 4.19. The normalized spacial score (nSPS) is 14.9. The second-order valence-electron chi connectivity index (χ2n) is 5.01. The van der Waals surface area contributed by atoms with Gasteiger partial charge in [0.1, 0.15) is 16.4 Å². The Balaban J connectivity index is 1.97. The molecule has 0 spiro atoms. The third-order valence-corrected chi connectivity index (χ3v) is 4.41. The molecule has 3 rings (SSSR count). The summed E-state index contributed by atoms with van der Waals surface area (Å²) in [6.07, 6.45) is 5.26. The smallest absolute Gasteiger partial charge is 0.350 e. The van der Waals surface area contributed by atoms with E-state index >= 15 is 0 Å². The lowest BCUT2D eigenvalue weighted by molar-refractivity contribution is 0.0607. The fourth-order valence-corrected chi connectivity index (χ4v) is 3.23. The predicted molar refractivity (Wildman–Crippen MR) is 85.0 cm³/mol. The van der Waals surface area contributed by atoms with Crippen molar-refractivity contribution in [1.82, 2.24) is 15.0 Å². The molecule has 3 heterocycles. The van der Waals surface area contributed by atoms with Crippen LogP contribution in [0.4, 0.5) is 10.9 Å². The maximum absolute atomic E-state index is 11.8. The minimum Gasteiger partial charge on any atom is -0.465 e. The largest absolute Gasteiger partial charge is 0.465 e. The van der Waals surface area contributed by atoms with E-state index in [0.29, 0.717) is 21.5 Å². The minimum absolute atomic E-state index is 0.294. The molecule has 0 saturated carbocycles. The Hall–Kier alpha value is -2.22. The first kappa shape index (κ1) is 14.7. The SMILES string of the molecule is COC(=O)c1sc(N)nc1-c1nccc(N2CCCCC2)n1. The summed E-state index contributed by atoms with van der Waals surface area (Å²) in [6, 6.07) is 1.88. The number of nitrogens with zero attached hydrogens (tertiary/aromatic N) is 4. The standard InChI is InChI=1S/C14H17N5O2S/c1-21-13(20)11-10(18-14(15)22-11)12-16-6-5-9(17-12)19-7-3-2-4-8-19/h5-6H,2-4,7-8H2,1H3,(H2,15,18). The molecule has 116 valence electrons. The molecule has 0 radical (unpaired) electrons. The molecule has 8 heteroatoms. The van der Waals surface area contributed by atoms with Crippen LogP contribution in [0.5, 0.6) is 0 Å². The molecule has 2 aromatic rings. The zero-order chi connectivity index (χ0) is 15.5.